The average Bonchev–Trinajstić information content (AvgIpc) is 2.86. The third-order valence-electron chi connectivity index (χ3n) is 3.90. The number of sulfonamides is 1. The van der Waals surface area contributed by atoms with E-state index in [4.69, 9.17) is 4.74 Å². The summed E-state index contributed by atoms with van der Waals surface area (Å²) >= 11 is 0. The van der Waals surface area contributed by atoms with Gasteiger partial charge in [-0.05, 0) is 44.0 Å². The van der Waals surface area contributed by atoms with Crippen LogP contribution in [0.25, 0.3) is 0 Å². The molecule has 8 heteroatoms. The van der Waals surface area contributed by atoms with E-state index in [1.165, 1.54) is 23.4 Å². The number of hydrogen-bond donors (Lipinski definition) is 1. The zero-order valence-electron chi connectivity index (χ0n) is 14.5. The fourth-order valence-corrected chi connectivity index (χ4v) is 4.10. The summed E-state index contributed by atoms with van der Waals surface area (Å²) in [6.07, 6.45) is 2.26. The number of ether oxygens (including phenoxy) is 1. The Labute approximate surface area is 147 Å². The Morgan fingerprint density at radius 1 is 1.48 bits per heavy atom. The topological polar surface area (TPSA) is 92.8 Å². The van der Waals surface area contributed by atoms with Crippen molar-refractivity contribution in [2.75, 3.05) is 17.1 Å². The van der Waals surface area contributed by atoms with E-state index in [1.807, 2.05) is 6.92 Å². The molecule has 1 amide bonds. The van der Waals surface area contributed by atoms with Crippen molar-refractivity contribution >= 4 is 27.6 Å². The molecule has 0 unspecified atom stereocenters. The predicted octanol–water partition coefficient (Wildman–Crippen LogP) is 1.24. The molecule has 1 heterocycles. The van der Waals surface area contributed by atoms with Gasteiger partial charge in [0.2, 0.25) is 10.0 Å². The number of anilines is 1. The van der Waals surface area contributed by atoms with Crippen molar-refractivity contribution in [3.05, 3.63) is 42.0 Å². The van der Waals surface area contributed by atoms with Crippen LogP contribution in [0.5, 0.6) is 0 Å². The van der Waals surface area contributed by atoms with Crippen molar-refractivity contribution in [3.8, 4) is 0 Å². The molecule has 25 heavy (non-hydrogen) atoms. The van der Waals surface area contributed by atoms with E-state index in [2.05, 4.69) is 11.9 Å². The third kappa shape index (κ3) is 4.19. The lowest BCUT2D eigenvalue weighted by molar-refractivity contribution is -0.128. The molecule has 0 spiro atoms. The van der Waals surface area contributed by atoms with E-state index in [9.17, 15) is 18.0 Å². The molecule has 7 nitrogen and oxygen atoms in total. The lowest BCUT2D eigenvalue weighted by Crippen LogP contribution is -2.35. The molecule has 2 rings (SSSR count). The lowest BCUT2D eigenvalue weighted by atomic mass is 10.1. The minimum absolute atomic E-state index is 0.208. The molecule has 0 saturated carbocycles. The lowest BCUT2D eigenvalue weighted by Gasteiger charge is -2.22. The highest BCUT2D eigenvalue weighted by atomic mass is 32.2. The molecule has 0 bridgehead atoms. The van der Waals surface area contributed by atoms with Gasteiger partial charge < -0.3 is 10.1 Å². The van der Waals surface area contributed by atoms with Gasteiger partial charge in [0.05, 0.1) is 17.5 Å². The van der Waals surface area contributed by atoms with E-state index in [1.54, 1.807) is 12.1 Å². The fraction of sp³-hybridized carbons (Fsp3) is 0.412. The number of nitrogens with zero attached hydrogens (tertiary/aromatic N) is 1. The monoisotopic (exact) mass is 366 g/mol. The average molecular weight is 366 g/mol. The van der Waals surface area contributed by atoms with Gasteiger partial charge in [-0.3, -0.25) is 9.10 Å². The number of amides is 1. The molecule has 0 fully saturated rings. The summed E-state index contributed by atoms with van der Waals surface area (Å²) in [5.41, 5.74) is 1.61. The van der Waals surface area contributed by atoms with Crippen LogP contribution < -0.4 is 9.62 Å². The zero-order valence-corrected chi connectivity index (χ0v) is 15.3. The zero-order chi connectivity index (χ0) is 18.8. The molecule has 0 saturated heterocycles. The van der Waals surface area contributed by atoms with Crippen molar-refractivity contribution < 1.29 is 22.7 Å². The number of nitrogens with one attached hydrogen (secondary N) is 1. The maximum absolute atomic E-state index is 12.2. The van der Waals surface area contributed by atoms with Gasteiger partial charge in [0.25, 0.3) is 5.91 Å². The first kappa shape index (κ1) is 19.0. The third-order valence-corrected chi connectivity index (χ3v) is 5.17. The van der Waals surface area contributed by atoms with Crippen molar-refractivity contribution in [2.45, 2.75) is 32.4 Å². The largest absolute Gasteiger partial charge is 0.449 e. The van der Waals surface area contributed by atoms with E-state index < -0.39 is 28.0 Å². The smallest absolute Gasteiger partial charge is 0.338 e. The van der Waals surface area contributed by atoms with Crippen LogP contribution in [0, 0.1) is 0 Å². The molecule has 0 aliphatic carbocycles. The van der Waals surface area contributed by atoms with Crippen molar-refractivity contribution in [1.82, 2.24) is 5.32 Å². The van der Waals surface area contributed by atoms with Gasteiger partial charge in [0.1, 0.15) is 0 Å². The molecular formula is C17H22N2O5S. The van der Waals surface area contributed by atoms with Crippen LogP contribution in [0.15, 0.2) is 30.9 Å². The van der Waals surface area contributed by atoms with Crippen LogP contribution >= 0.6 is 0 Å². The molecule has 1 aliphatic heterocycles. The number of fused-ring (bicyclic) bond motifs is 1. The first-order chi connectivity index (χ1) is 11.6. The Bertz CT molecular complexity index is 803. The van der Waals surface area contributed by atoms with Gasteiger partial charge in [-0.25, -0.2) is 13.2 Å². The molecule has 2 atom stereocenters. The second-order valence-corrected chi connectivity index (χ2v) is 7.90. The van der Waals surface area contributed by atoms with E-state index in [0.717, 1.165) is 11.8 Å². The number of hydrogen-bond acceptors (Lipinski definition) is 5. The van der Waals surface area contributed by atoms with Crippen LogP contribution in [-0.4, -0.2) is 45.2 Å². The normalized spacial score (nSPS) is 17.6. The maximum Gasteiger partial charge on any atom is 0.338 e. The Morgan fingerprint density at radius 2 is 2.16 bits per heavy atom. The second kappa shape index (κ2) is 7.26. The highest BCUT2D eigenvalue weighted by molar-refractivity contribution is 7.92. The molecule has 1 N–H and O–H groups in total. The van der Waals surface area contributed by atoms with Gasteiger partial charge in [0, 0.05) is 12.6 Å². The van der Waals surface area contributed by atoms with Crippen molar-refractivity contribution in [3.63, 3.8) is 0 Å². The molecule has 1 aromatic rings. The Kier molecular flexibility index (Phi) is 5.52. The quantitative estimate of drug-likeness (QED) is 0.604. The number of benzene rings is 1. The Morgan fingerprint density at radius 3 is 2.76 bits per heavy atom. The molecular weight excluding hydrogens is 344 g/mol. The standard InChI is InChI=1S/C17H22N2O5S/c1-5-8-18-16(20)12(3)24-17(21)13-6-7-15-14(10-13)9-11(2)19(15)25(4,22)23/h5-7,10-12H,1,8-9H2,2-4H3,(H,18,20)/t11-,12-/m0/s1. The fourth-order valence-electron chi connectivity index (χ4n) is 2.83. The summed E-state index contributed by atoms with van der Waals surface area (Å²) in [5, 5.41) is 2.55. The van der Waals surface area contributed by atoms with Gasteiger partial charge in [-0.1, -0.05) is 6.08 Å². The highest BCUT2D eigenvalue weighted by Crippen LogP contribution is 2.34. The summed E-state index contributed by atoms with van der Waals surface area (Å²) in [7, 11) is -3.38. The summed E-state index contributed by atoms with van der Waals surface area (Å²) in [5.74, 6) is -1.04. The molecule has 1 aromatic carbocycles. The van der Waals surface area contributed by atoms with Crippen LogP contribution in [0.1, 0.15) is 29.8 Å². The van der Waals surface area contributed by atoms with E-state index in [-0.39, 0.29) is 11.6 Å². The predicted molar refractivity (Wildman–Crippen MR) is 95.0 cm³/mol. The first-order valence-electron chi connectivity index (χ1n) is 7.87. The number of esters is 1. The van der Waals surface area contributed by atoms with E-state index >= 15 is 0 Å². The summed E-state index contributed by atoms with van der Waals surface area (Å²) < 4.78 is 30.3. The van der Waals surface area contributed by atoms with Crippen molar-refractivity contribution in [2.24, 2.45) is 0 Å². The SMILES string of the molecule is C=CCNC(=O)[C@H](C)OC(=O)c1ccc2c(c1)C[C@H](C)N2S(C)(=O)=O. The van der Waals surface area contributed by atoms with Crippen molar-refractivity contribution in [1.29, 1.82) is 0 Å². The Hall–Kier alpha value is -2.35. The molecule has 0 aromatic heterocycles. The van der Waals surface area contributed by atoms with Crippen LogP contribution in [0.2, 0.25) is 0 Å². The molecule has 136 valence electrons. The summed E-state index contributed by atoms with van der Waals surface area (Å²) in [4.78, 5) is 24.0. The summed E-state index contributed by atoms with van der Waals surface area (Å²) in [6.45, 7) is 7.08. The highest BCUT2D eigenvalue weighted by Gasteiger charge is 2.33. The maximum atomic E-state index is 12.2. The number of carbonyl (C=O) groups is 2. The molecule has 1 aliphatic rings. The second-order valence-electron chi connectivity index (χ2n) is 6.04. The molecule has 0 radical (unpaired) electrons. The minimum Gasteiger partial charge on any atom is -0.449 e. The van der Waals surface area contributed by atoms with Gasteiger partial charge in [-0.2, -0.15) is 0 Å². The van der Waals surface area contributed by atoms with Crippen LogP contribution in [-0.2, 0) is 26.0 Å². The van der Waals surface area contributed by atoms with Crippen LogP contribution in [0.4, 0.5) is 5.69 Å². The summed E-state index contributed by atoms with van der Waals surface area (Å²) in [6, 6.07) is 4.51. The van der Waals surface area contributed by atoms with Crippen LogP contribution in [0.3, 0.4) is 0 Å². The number of carbonyl (C=O) groups excluding carboxylic acids is 2. The Balaban J connectivity index is 2.15. The minimum atomic E-state index is -3.38. The van der Waals surface area contributed by atoms with Gasteiger partial charge >= 0.3 is 5.97 Å². The van der Waals surface area contributed by atoms with Gasteiger partial charge in [-0.15, -0.1) is 6.58 Å². The van der Waals surface area contributed by atoms with Gasteiger partial charge in [0.15, 0.2) is 6.10 Å². The first-order valence-corrected chi connectivity index (χ1v) is 9.72. The van der Waals surface area contributed by atoms with E-state index in [0.29, 0.717) is 18.7 Å². The number of rotatable bonds is 6.